The minimum absolute atomic E-state index is 0.0119. The molecule has 0 spiro atoms. The number of benzene rings is 2. The van der Waals surface area contributed by atoms with Crippen LogP contribution in [0.2, 0.25) is 0 Å². The quantitative estimate of drug-likeness (QED) is 0.0285. The van der Waals surface area contributed by atoms with E-state index in [1.807, 2.05) is 41.0 Å². The highest BCUT2D eigenvalue weighted by Crippen LogP contribution is 2.28. The highest BCUT2D eigenvalue weighted by Gasteiger charge is 2.45. The summed E-state index contributed by atoms with van der Waals surface area (Å²) in [6, 6.07) is 5.22. The molecule has 0 saturated carbocycles. The Morgan fingerprint density at radius 2 is 1.19 bits per heavy atom. The first-order valence-electron chi connectivity index (χ1n) is 41.1. The molecule has 0 unspecified atom stereocenters. The van der Waals surface area contributed by atoms with Gasteiger partial charge in [0.25, 0.3) is 0 Å². The van der Waals surface area contributed by atoms with Gasteiger partial charge in [-0.15, -0.1) is 0 Å². The van der Waals surface area contributed by atoms with Crippen LogP contribution in [0.5, 0.6) is 0 Å². The van der Waals surface area contributed by atoms with E-state index in [9.17, 15) is 72.5 Å². The van der Waals surface area contributed by atoms with Gasteiger partial charge < -0.3 is 115 Å². The third-order valence-corrected chi connectivity index (χ3v) is 22.4. The highest BCUT2D eigenvalue weighted by atomic mass is 32.2. The van der Waals surface area contributed by atoms with Crippen LogP contribution in [0.1, 0.15) is 120 Å². The van der Waals surface area contributed by atoms with Crippen molar-refractivity contribution in [3.05, 3.63) is 71.3 Å². The van der Waals surface area contributed by atoms with Gasteiger partial charge in [0.2, 0.25) is 76.8 Å². The zero-order valence-electron chi connectivity index (χ0n) is 68.1. The van der Waals surface area contributed by atoms with Crippen molar-refractivity contribution < 1.29 is 91.5 Å². The maximum absolute atomic E-state index is 15.2. The van der Waals surface area contributed by atoms with Crippen LogP contribution in [0, 0.1) is 5.92 Å². The molecule has 37 nitrogen and oxygen atoms in total. The van der Waals surface area contributed by atoms with Crippen molar-refractivity contribution >= 4 is 106 Å². The number of carbonyl (C=O) groups is 14. The van der Waals surface area contributed by atoms with E-state index in [0.29, 0.717) is 167 Å². The lowest BCUT2D eigenvalue weighted by Gasteiger charge is -2.36. The fraction of sp³-hybridized carbons (Fsp3) is 0.671. The van der Waals surface area contributed by atoms with Crippen LogP contribution in [0.3, 0.4) is 0 Å². The van der Waals surface area contributed by atoms with E-state index in [2.05, 4.69) is 58.5 Å². The molecule has 118 heavy (non-hydrogen) atoms. The second kappa shape index (κ2) is 55.2. The van der Waals surface area contributed by atoms with Crippen molar-refractivity contribution in [3.63, 3.8) is 0 Å². The van der Waals surface area contributed by atoms with Crippen LogP contribution in [0.4, 0.5) is 0 Å². The Balaban J connectivity index is 1.02. The fourth-order valence-corrected chi connectivity index (χ4v) is 15.8. The maximum atomic E-state index is 15.2. The smallest absolute Gasteiger partial charge is 0.305 e. The number of amides is 13. The molecule has 0 aliphatic carbocycles. The number of carboxylic acid groups (broad SMARTS) is 1. The van der Waals surface area contributed by atoms with Crippen LogP contribution >= 0.6 is 23.5 Å². The highest BCUT2D eigenvalue weighted by molar-refractivity contribution is 7.98. The van der Waals surface area contributed by atoms with E-state index in [4.69, 9.17) is 31.4 Å². The molecule has 0 aromatic heterocycles. The van der Waals surface area contributed by atoms with Gasteiger partial charge in [0.05, 0.1) is 51.4 Å². The molecule has 2 aromatic rings. The Labute approximate surface area is 698 Å². The van der Waals surface area contributed by atoms with E-state index >= 15 is 4.79 Å². The summed E-state index contributed by atoms with van der Waals surface area (Å²) in [6.45, 7) is 11.7. The lowest BCUT2D eigenvalue weighted by molar-refractivity contribution is -0.148. The molecular weight excluding hydrogens is 1570 g/mol. The summed E-state index contributed by atoms with van der Waals surface area (Å²) in [4.78, 5) is 199. The number of hydrogen-bond acceptors (Lipinski definition) is 25. The zero-order chi connectivity index (χ0) is 85.6. The summed E-state index contributed by atoms with van der Waals surface area (Å²) >= 11 is 2.57. The Morgan fingerprint density at radius 3 is 1.80 bits per heavy atom. The van der Waals surface area contributed by atoms with Gasteiger partial charge in [0.1, 0.15) is 48.3 Å². The monoisotopic (exact) mass is 1690 g/mol. The molecule has 2 bridgehead atoms. The Hall–Kier alpha value is -8.64. The molecule has 13 amide bonds. The Bertz CT molecular complexity index is 3520. The van der Waals surface area contributed by atoms with Gasteiger partial charge >= 0.3 is 5.97 Å². The summed E-state index contributed by atoms with van der Waals surface area (Å²) in [5, 5.41) is 51.4. The SMILES string of the molecule is CCCC[C@H](NC(=O)CCC(=O)NCCCOCCOCCOCCCNC(=O)CN1CCN(C(=O)C(CNCCN)CNCCN)CC1)C(=O)N[C@H]1CSCc2cccc(c2)CSC[C@@H](C(=O)NCCC(=O)O)NC(=O)[C@H](Cc2ccccc2)NC(=O)[C@H](CCC(N)=O)NC(=O)[C@H]([C@@H](C)O)NC(=O)[C@@H]2CCCN2C(=O)[C@@H]2CCCN2C1=O. The lowest BCUT2D eigenvalue weighted by Crippen LogP contribution is -2.62. The van der Waals surface area contributed by atoms with Gasteiger partial charge in [-0.2, -0.15) is 23.5 Å². The van der Waals surface area contributed by atoms with Crippen LogP contribution < -0.4 is 75.7 Å². The molecule has 39 heteroatoms. The van der Waals surface area contributed by atoms with E-state index in [1.165, 1.54) is 40.2 Å². The predicted octanol–water partition coefficient (Wildman–Crippen LogP) is -3.57. The summed E-state index contributed by atoms with van der Waals surface area (Å²) in [6.07, 6.45) is 0.00538. The number of aliphatic carboxylic acids is 1. The van der Waals surface area contributed by atoms with Crippen LogP contribution in [0.25, 0.3) is 0 Å². The third-order valence-electron chi connectivity index (χ3n) is 20.2. The van der Waals surface area contributed by atoms with E-state index in [1.54, 1.807) is 30.3 Å². The van der Waals surface area contributed by atoms with Gasteiger partial charge in [-0.3, -0.25) is 72.0 Å². The second-order valence-corrected chi connectivity index (χ2v) is 31.7. The molecule has 9 atom stereocenters. The first kappa shape index (κ1) is 98.2. The topological polar surface area (TPSA) is 530 Å². The average molecular weight is 1700 g/mol. The number of nitrogens with two attached hydrogens (primary N) is 3. The second-order valence-electron chi connectivity index (χ2n) is 29.6. The number of carbonyl (C=O) groups excluding carboxylic acids is 13. The van der Waals surface area contributed by atoms with Crippen molar-refractivity contribution in [2.75, 3.05) is 156 Å². The number of piperazine rings is 1. The van der Waals surface area contributed by atoms with Gasteiger partial charge in [-0.1, -0.05) is 74.4 Å². The number of ether oxygens (including phenoxy) is 3. The number of fused-ring (bicyclic) bond motifs is 4. The first-order chi connectivity index (χ1) is 56.9. The number of carboxylic acids is 1. The van der Waals surface area contributed by atoms with E-state index in [-0.39, 0.29) is 100 Å². The first-order valence-corrected chi connectivity index (χ1v) is 43.4. The van der Waals surface area contributed by atoms with Crippen molar-refractivity contribution in [2.45, 2.75) is 176 Å². The summed E-state index contributed by atoms with van der Waals surface area (Å²) in [7, 11) is 0. The summed E-state index contributed by atoms with van der Waals surface area (Å²) in [5.41, 5.74) is 18.9. The normalized spacial score (nSPS) is 20.8. The number of aliphatic hydroxyl groups is 1. The van der Waals surface area contributed by atoms with Crippen LogP contribution in [-0.4, -0.2) is 323 Å². The third kappa shape index (κ3) is 36.1. The number of hydrogen-bond donors (Lipinski definition) is 16. The predicted molar refractivity (Wildman–Crippen MR) is 442 cm³/mol. The minimum atomic E-state index is -1.76. The summed E-state index contributed by atoms with van der Waals surface area (Å²) < 4.78 is 16.9. The van der Waals surface area contributed by atoms with Crippen LogP contribution in [-0.2, 0) is 99.3 Å². The van der Waals surface area contributed by atoms with Crippen LogP contribution in [0.15, 0.2) is 54.6 Å². The molecule has 0 radical (unpaired) electrons. The number of thioether (sulfide) groups is 2. The molecule has 6 rings (SSSR count). The molecular formula is C79H126N18O19S2. The number of primary amides is 1. The van der Waals surface area contributed by atoms with Gasteiger partial charge in [-0.25, -0.2) is 0 Å². The molecule has 658 valence electrons. The number of nitrogens with zero attached hydrogens (tertiary/aromatic N) is 4. The molecule has 3 fully saturated rings. The molecule has 2 aromatic carbocycles. The minimum Gasteiger partial charge on any atom is -0.481 e. The molecule has 19 N–H and O–H groups in total. The standard InChI is InChI=1S/C79H126N18O19S2/c1-3-4-17-58(88-67(101)23-22-66(100)85-27-11-38-114-40-42-116-43-41-115-39-12-28-86-68(102)48-94-34-36-95(37-35-94)77(111)57(46-83-30-25-80)47-84-31-26-81)72(106)92-62-52-118-50-56-16-8-15-55(44-56)49-117-51-61(71(105)87-29-24-69(103)104)91-74(108)60(45-54-13-6-5-7-14-54)90-73(107)59(20-21-65(82)99)89-76(110)70(53(2)98)93-75(109)63-18-9-32-96(63)79(113)64-19-10-33-97(64)78(62)112/h5-8,13-16,44,53,57-64,70,83-84,98H,3-4,9-12,17-43,45-52,80-81H2,1-2H3,(H2,82,99)(H,85,100)(H,86,102)(H,87,105)(H,88,101)(H,89,110)(H,90,107)(H,91,108)(H,92,106)(H,93,109)(H,103,104)/t53-,58+,59+,60+,61+,62+,63+,64+,70+/m1/s1. The fourth-order valence-electron chi connectivity index (χ4n) is 13.8. The number of nitrogens with one attached hydrogen (secondary N) is 11. The van der Waals surface area contributed by atoms with Gasteiger partial charge in [0, 0.05) is 160 Å². The number of rotatable bonds is 44. The number of unbranched alkanes of at least 4 members (excludes halogenated alkanes) is 1. The maximum Gasteiger partial charge on any atom is 0.305 e. The van der Waals surface area contributed by atoms with Gasteiger partial charge in [0.15, 0.2) is 0 Å². The molecule has 3 saturated heterocycles. The van der Waals surface area contributed by atoms with Crippen molar-refractivity contribution in [2.24, 2.45) is 23.1 Å². The van der Waals surface area contributed by atoms with E-state index in [0.717, 1.165) is 11.1 Å². The Kier molecular flexibility index (Phi) is 46.0. The van der Waals surface area contributed by atoms with Gasteiger partial charge in [-0.05, 0) is 75.0 Å². The Morgan fingerprint density at radius 1 is 0.602 bits per heavy atom. The largest absolute Gasteiger partial charge is 0.481 e. The van der Waals surface area contributed by atoms with Crippen molar-refractivity contribution in [1.29, 1.82) is 0 Å². The summed E-state index contributed by atoms with van der Waals surface area (Å²) in [5.74, 6) is -9.00. The van der Waals surface area contributed by atoms with E-state index < -0.39 is 145 Å². The zero-order valence-corrected chi connectivity index (χ0v) is 69.8. The molecule has 4 aliphatic heterocycles. The van der Waals surface area contributed by atoms with Crippen molar-refractivity contribution in [3.8, 4) is 0 Å². The number of aliphatic hydroxyl groups excluding tert-OH is 1. The molecule has 4 aliphatic rings. The lowest BCUT2D eigenvalue weighted by atomic mass is 10.0. The average Bonchev–Trinajstić information content (AvgIpc) is 1.64. The van der Waals surface area contributed by atoms with Crippen molar-refractivity contribution in [1.82, 2.24) is 78.1 Å². The molecule has 4 heterocycles.